The summed E-state index contributed by atoms with van der Waals surface area (Å²) in [5.74, 6) is 1.76. The first-order valence-electron chi connectivity index (χ1n) is 20.6. The van der Waals surface area contributed by atoms with Crippen molar-refractivity contribution in [2.45, 2.75) is 0 Å². The SMILES string of the molecule is c1ccc(-c2nc(-c3ccc(-c4c5ccccc5c(-c5c(-c6ccccc6)ccc6ccccc56)c5ccccc45)cc3)nc(-c3cccc4c3oc3ccccc34)n2)cc1. The van der Waals surface area contributed by atoms with Crippen molar-refractivity contribution in [2.75, 3.05) is 0 Å². The summed E-state index contributed by atoms with van der Waals surface area (Å²) in [6.07, 6.45) is 0. The standard InChI is InChI=1S/C57H35N3O/c1-3-16-36(17-4-1)42-35-34-37-18-7-8-21-41(37)52(42)53-46-25-11-9-23-44(46)51(45-24-10-12-26-47(45)53)38-30-32-40(33-31-38)56-58-55(39-19-5-2-6-20-39)59-57(60-56)49-28-15-27-48-43-22-13-14-29-50(43)61-54(48)49/h1-35H. The number of furan rings is 1. The van der Waals surface area contributed by atoms with Gasteiger partial charge in [0.1, 0.15) is 11.2 Å². The van der Waals surface area contributed by atoms with E-state index in [1.807, 2.05) is 60.7 Å². The molecular weight excluding hydrogens is 743 g/mol. The second-order valence-electron chi connectivity index (χ2n) is 15.4. The molecule has 0 radical (unpaired) electrons. The Balaban J connectivity index is 1.05. The van der Waals surface area contributed by atoms with Gasteiger partial charge in [0.05, 0.1) is 5.56 Å². The van der Waals surface area contributed by atoms with Gasteiger partial charge in [-0.15, -0.1) is 0 Å². The molecule has 0 amide bonds. The van der Waals surface area contributed by atoms with Crippen LogP contribution in [0.4, 0.5) is 0 Å². The molecule has 4 heteroatoms. The van der Waals surface area contributed by atoms with Crippen LogP contribution in [-0.4, -0.2) is 15.0 Å². The van der Waals surface area contributed by atoms with Crippen molar-refractivity contribution in [3.8, 4) is 67.5 Å². The lowest BCUT2D eigenvalue weighted by atomic mass is 9.82. The highest BCUT2D eigenvalue weighted by Gasteiger charge is 2.22. The molecule has 0 saturated carbocycles. The molecule has 2 aromatic heterocycles. The van der Waals surface area contributed by atoms with Crippen molar-refractivity contribution in [1.82, 2.24) is 15.0 Å². The van der Waals surface area contributed by atoms with Gasteiger partial charge in [-0.2, -0.15) is 0 Å². The summed E-state index contributed by atoms with van der Waals surface area (Å²) >= 11 is 0. The molecular formula is C57H35N3O. The highest BCUT2D eigenvalue weighted by Crippen LogP contribution is 2.48. The third-order valence-corrected chi connectivity index (χ3v) is 11.9. The molecule has 4 nitrogen and oxygen atoms in total. The van der Waals surface area contributed by atoms with Crippen LogP contribution in [0.5, 0.6) is 0 Å². The van der Waals surface area contributed by atoms with Crippen LogP contribution in [0.15, 0.2) is 217 Å². The molecule has 0 unspecified atom stereocenters. The number of rotatable bonds is 6. The number of fused-ring (bicyclic) bond motifs is 6. The van der Waals surface area contributed by atoms with Gasteiger partial charge in [0, 0.05) is 21.9 Å². The Morgan fingerprint density at radius 1 is 0.262 bits per heavy atom. The van der Waals surface area contributed by atoms with Crippen LogP contribution in [0.2, 0.25) is 0 Å². The van der Waals surface area contributed by atoms with Crippen molar-refractivity contribution in [3.05, 3.63) is 212 Å². The van der Waals surface area contributed by atoms with Crippen LogP contribution in [0, 0.1) is 0 Å². The van der Waals surface area contributed by atoms with Crippen LogP contribution in [0.3, 0.4) is 0 Å². The lowest BCUT2D eigenvalue weighted by molar-refractivity contribution is 0.669. The van der Waals surface area contributed by atoms with Gasteiger partial charge >= 0.3 is 0 Å². The highest BCUT2D eigenvalue weighted by atomic mass is 16.3. The van der Waals surface area contributed by atoms with Crippen molar-refractivity contribution < 1.29 is 4.42 Å². The molecule has 0 saturated heterocycles. The average molecular weight is 778 g/mol. The van der Waals surface area contributed by atoms with Crippen molar-refractivity contribution >= 4 is 54.3 Å². The largest absolute Gasteiger partial charge is 0.455 e. The van der Waals surface area contributed by atoms with E-state index >= 15 is 0 Å². The first-order chi connectivity index (χ1) is 30.3. The lowest BCUT2D eigenvalue weighted by Crippen LogP contribution is -2.00. The van der Waals surface area contributed by atoms with Gasteiger partial charge in [-0.1, -0.05) is 200 Å². The minimum absolute atomic E-state index is 0.563. The summed E-state index contributed by atoms with van der Waals surface area (Å²) in [4.78, 5) is 15.3. The molecule has 0 aliphatic heterocycles. The monoisotopic (exact) mass is 777 g/mol. The third kappa shape index (κ3) is 5.80. The number of aromatic nitrogens is 3. The topological polar surface area (TPSA) is 51.8 Å². The smallest absolute Gasteiger partial charge is 0.167 e. The Morgan fingerprint density at radius 2 is 0.754 bits per heavy atom. The predicted molar refractivity (Wildman–Crippen MR) is 252 cm³/mol. The maximum Gasteiger partial charge on any atom is 0.167 e. The first-order valence-corrected chi connectivity index (χ1v) is 20.6. The molecule has 0 N–H and O–H groups in total. The molecule has 0 atom stereocenters. The fraction of sp³-hybridized carbons (Fsp3) is 0. The molecule has 12 aromatic rings. The minimum Gasteiger partial charge on any atom is -0.455 e. The van der Waals surface area contributed by atoms with Crippen molar-refractivity contribution in [3.63, 3.8) is 0 Å². The molecule has 10 aromatic carbocycles. The molecule has 2 heterocycles. The maximum atomic E-state index is 6.45. The zero-order valence-corrected chi connectivity index (χ0v) is 33.0. The Kier molecular flexibility index (Phi) is 8.13. The van der Waals surface area contributed by atoms with Gasteiger partial charge in [0.25, 0.3) is 0 Å². The quantitative estimate of drug-likeness (QED) is 0.158. The van der Waals surface area contributed by atoms with Crippen LogP contribution >= 0.6 is 0 Å². The lowest BCUT2D eigenvalue weighted by Gasteiger charge is -2.21. The van der Waals surface area contributed by atoms with E-state index in [0.717, 1.165) is 44.2 Å². The average Bonchev–Trinajstić information content (AvgIpc) is 3.72. The van der Waals surface area contributed by atoms with E-state index < -0.39 is 0 Å². The summed E-state index contributed by atoms with van der Waals surface area (Å²) in [5.41, 5.74) is 11.5. The van der Waals surface area contributed by atoms with Gasteiger partial charge in [0.15, 0.2) is 17.5 Å². The minimum atomic E-state index is 0.563. The van der Waals surface area contributed by atoms with E-state index in [-0.39, 0.29) is 0 Å². The molecule has 0 fully saturated rings. The molecule has 0 bridgehead atoms. The normalized spacial score (nSPS) is 11.6. The number of nitrogens with zero attached hydrogens (tertiary/aromatic N) is 3. The van der Waals surface area contributed by atoms with Gasteiger partial charge in [0.2, 0.25) is 0 Å². The summed E-state index contributed by atoms with van der Waals surface area (Å²) in [5, 5.41) is 9.37. The third-order valence-electron chi connectivity index (χ3n) is 11.9. The second kappa shape index (κ2) is 14.3. The number of para-hydroxylation sites is 2. The van der Waals surface area contributed by atoms with E-state index in [9.17, 15) is 0 Å². The Bertz CT molecular complexity index is 3570. The number of benzene rings is 10. The Morgan fingerprint density at radius 3 is 1.43 bits per heavy atom. The molecule has 0 spiro atoms. The van der Waals surface area contributed by atoms with E-state index in [0.29, 0.717) is 17.5 Å². The summed E-state index contributed by atoms with van der Waals surface area (Å²) in [6, 6.07) is 74.9. The van der Waals surface area contributed by atoms with E-state index in [4.69, 9.17) is 19.4 Å². The molecule has 0 aliphatic carbocycles. The molecule has 61 heavy (non-hydrogen) atoms. The Hall–Kier alpha value is -8.21. The number of hydrogen-bond acceptors (Lipinski definition) is 4. The van der Waals surface area contributed by atoms with Crippen LogP contribution in [0.1, 0.15) is 0 Å². The van der Waals surface area contributed by atoms with Gasteiger partial charge < -0.3 is 4.42 Å². The van der Waals surface area contributed by atoms with Gasteiger partial charge in [-0.05, 0) is 77.8 Å². The summed E-state index contributed by atoms with van der Waals surface area (Å²) < 4.78 is 6.45. The first kappa shape index (κ1) is 34.8. The predicted octanol–water partition coefficient (Wildman–Crippen LogP) is 15.2. The van der Waals surface area contributed by atoms with Gasteiger partial charge in [-0.3, -0.25) is 0 Å². The van der Waals surface area contributed by atoms with Crippen LogP contribution in [0.25, 0.3) is 122 Å². The van der Waals surface area contributed by atoms with E-state index in [1.54, 1.807) is 0 Å². The molecule has 12 rings (SSSR count). The van der Waals surface area contributed by atoms with Crippen molar-refractivity contribution in [2.24, 2.45) is 0 Å². The van der Waals surface area contributed by atoms with Crippen LogP contribution in [-0.2, 0) is 0 Å². The summed E-state index contributed by atoms with van der Waals surface area (Å²) in [6.45, 7) is 0. The van der Waals surface area contributed by atoms with Crippen molar-refractivity contribution in [1.29, 1.82) is 0 Å². The molecule has 0 aliphatic rings. The fourth-order valence-corrected chi connectivity index (χ4v) is 9.16. The fourth-order valence-electron chi connectivity index (χ4n) is 9.16. The maximum absolute atomic E-state index is 6.45. The van der Waals surface area contributed by atoms with Crippen LogP contribution < -0.4 is 0 Å². The van der Waals surface area contributed by atoms with E-state index in [1.165, 1.54) is 60.1 Å². The number of hydrogen-bond donors (Lipinski definition) is 0. The Labute approximate surface area is 352 Å². The highest BCUT2D eigenvalue weighted by molar-refractivity contribution is 6.25. The zero-order chi connectivity index (χ0) is 40.3. The molecule has 284 valence electrons. The zero-order valence-electron chi connectivity index (χ0n) is 33.0. The van der Waals surface area contributed by atoms with E-state index in [2.05, 4.69) is 152 Å². The summed E-state index contributed by atoms with van der Waals surface area (Å²) in [7, 11) is 0. The van der Waals surface area contributed by atoms with Gasteiger partial charge in [-0.25, -0.2) is 15.0 Å². The second-order valence-corrected chi connectivity index (χ2v) is 15.4.